The second kappa shape index (κ2) is 41.3. The number of carboxylic acids is 2. The van der Waals surface area contributed by atoms with Crippen molar-refractivity contribution in [1.82, 2.24) is 80.3 Å². The van der Waals surface area contributed by atoms with Gasteiger partial charge < -0.3 is 53.9 Å². The molecule has 0 fully saturated rings. The number of H-pyrrole nitrogens is 1. The summed E-state index contributed by atoms with van der Waals surface area (Å²) in [6, 6.07) is 43.8. The largest absolute Gasteiger partial charge is 0.497 e. The molecule has 15 rings (SSSR count). The van der Waals surface area contributed by atoms with Crippen LogP contribution in [0, 0.1) is 0 Å². The van der Waals surface area contributed by atoms with Gasteiger partial charge in [-0.15, -0.1) is 70.8 Å². The van der Waals surface area contributed by atoms with Gasteiger partial charge in [-0.3, -0.25) is 0 Å². The third-order valence-corrected chi connectivity index (χ3v) is 23.9. The number of aromatic nitrogens is 16. The second-order valence-corrected chi connectivity index (χ2v) is 32.0. The van der Waals surface area contributed by atoms with Crippen LogP contribution in [-0.4, -0.2) is 170 Å². The first-order chi connectivity index (χ1) is 58.7. The highest BCUT2D eigenvalue weighted by molar-refractivity contribution is 7.14. The minimum absolute atomic E-state index is 0.0782. The first kappa shape index (κ1) is 89.7. The number of carbonyl (C=O) groups is 4. The number of nitrogens with zero attached hydrogens (tertiary/aromatic N) is 18. The van der Waals surface area contributed by atoms with E-state index in [-0.39, 0.29) is 41.8 Å². The quantitative estimate of drug-likeness (QED) is 0.0347. The van der Waals surface area contributed by atoms with Gasteiger partial charge in [-0.05, 0) is 115 Å². The maximum absolute atomic E-state index is 12.6. The molecule has 7 aromatic carbocycles. The Kier molecular flexibility index (Phi) is 30.4. The number of rotatable bonds is 27. The number of anilines is 8. The zero-order valence-electron chi connectivity index (χ0n) is 65.0. The van der Waals surface area contributed by atoms with Crippen molar-refractivity contribution in [1.29, 1.82) is 0 Å². The average Bonchev–Trinajstić information content (AvgIpc) is 1.65. The van der Waals surface area contributed by atoms with Crippen LogP contribution < -0.4 is 34.2 Å². The van der Waals surface area contributed by atoms with Gasteiger partial charge in [-0.25, -0.2) is 53.2 Å². The molecule has 0 atom stereocenters. The van der Waals surface area contributed by atoms with E-state index in [1.165, 1.54) is 50.0 Å². The average molecular weight is 1880 g/mol. The molecule has 31 nitrogen and oxygen atoms in total. The highest BCUT2D eigenvalue weighted by Crippen LogP contribution is 2.40. The van der Waals surface area contributed by atoms with Crippen molar-refractivity contribution >= 4 is 209 Å². The molecule has 43 heteroatoms. The number of esters is 2. The number of halogens is 8. The van der Waals surface area contributed by atoms with E-state index in [2.05, 4.69) is 66.6 Å². The fourth-order valence-corrected chi connectivity index (χ4v) is 15.7. The van der Waals surface area contributed by atoms with Crippen molar-refractivity contribution in [2.45, 2.75) is 33.5 Å². The molecule has 0 aliphatic carbocycles. The predicted molar refractivity (Wildman–Crippen MR) is 476 cm³/mol. The van der Waals surface area contributed by atoms with Crippen molar-refractivity contribution in [3.63, 3.8) is 0 Å². The number of carbonyl (C=O) groups excluding carboxylic acids is 2. The molecule has 0 aliphatic rings. The molecule has 0 radical (unpaired) electrons. The van der Waals surface area contributed by atoms with Crippen LogP contribution in [0.2, 0.25) is 40.2 Å². The number of aromatic carboxylic acids is 2. The van der Waals surface area contributed by atoms with E-state index in [1.54, 1.807) is 134 Å². The van der Waals surface area contributed by atoms with Gasteiger partial charge in [0, 0.05) is 64.9 Å². The topological polar surface area (TPSA) is 362 Å². The maximum atomic E-state index is 12.6. The number of hydrogen-bond acceptors (Lipinski definition) is 29. The van der Waals surface area contributed by atoms with Crippen LogP contribution in [0.1, 0.15) is 72.5 Å². The highest BCUT2D eigenvalue weighted by atomic mass is 35.5. The Morgan fingerprint density at radius 3 is 1.12 bits per heavy atom. The second-order valence-electron chi connectivity index (χ2n) is 25.3. The van der Waals surface area contributed by atoms with E-state index in [9.17, 15) is 24.3 Å². The van der Waals surface area contributed by atoms with Crippen molar-refractivity contribution in [2.24, 2.45) is 0 Å². The number of aromatic amines is 1. The molecule has 628 valence electrons. The fraction of sp³-hybridized carbons (Fsp3) is 0.165. The summed E-state index contributed by atoms with van der Waals surface area (Å²) < 4.78 is 30.7. The molecule has 0 bridgehead atoms. The molecule has 0 saturated carbocycles. The summed E-state index contributed by atoms with van der Waals surface area (Å²) in [7, 11) is 10.0. The Bertz CT molecular complexity index is 6200. The van der Waals surface area contributed by atoms with E-state index >= 15 is 0 Å². The van der Waals surface area contributed by atoms with Gasteiger partial charge in [0.2, 0.25) is 22.8 Å². The normalized spacial score (nSPS) is 10.8. The lowest BCUT2D eigenvalue weighted by Gasteiger charge is -2.18. The van der Waals surface area contributed by atoms with Crippen LogP contribution in [0.25, 0.3) is 42.3 Å². The van der Waals surface area contributed by atoms with Crippen molar-refractivity contribution in [3.05, 3.63) is 247 Å². The monoisotopic (exact) mass is 1880 g/mol. The summed E-state index contributed by atoms with van der Waals surface area (Å²) in [4.78, 5) is 71.4. The summed E-state index contributed by atoms with van der Waals surface area (Å²) in [5.41, 5.74) is 6.00. The number of ether oxygens (including phenoxy) is 5. The van der Waals surface area contributed by atoms with E-state index in [0.717, 1.165) is 76.2 Å². The van der Waals surface area contributed by atoms with Crippen molar-refractivity contribution < 1.29 is 53.1 Å². The summed E-state index contributed by atoms with van der Waals surface area (Å²) in [5.74, 6) is 2.39. The molecule has 0 saturated heterocycles. The molecule has 8 heterocycles. The van der Waals surface area contributed by atoms with E-state index < -0.39 is 23.9 Å². The summed E-state index contributed by atoms with van der Waals surface area (Å²) in [6.45, 7) is 5.02. The number of hydrogen-bond donors (Lipinski definition) is 4. The lowest BCUT2D eigenvalue weighted by atomic mass is 10.2. The van der Waals surface area contributed by atoms with Crippen LogP contribution >= 0.6 is 138 Å². The van der Waals surface area contributed by atoms with Gasteiger partial charge in [-0.2, -0.15) is 5.21 Å². The van der Waals surface area contributed by atoms with Crippen LogP contribution in [0.5, 0.6) is 17.2 Å². The molecule has 4 N–H and O–H groups in total. The Hall–Kier alpha value is -11.6. The molecule has 0 spiro atoms. The maximum Gasteiger partial charge on any atom is 0.362 e. The molecule has 0 unspecified atom stereocenters. The number of benzene rings is 7. The highest BCUT2D eigenvalue weighted by Gasteiger charge is 2.30. The van der Waals surface area contributed by atoms with Gasteiger partial charge in [0.15, 0.2) is 23.3 Å². The minimum atomic E-state index is -1.17. The number of nitrogens with one attached hydrogen (secondary N) is 2. The summed E-state index contributed by atoms with van der Waals surface area (Å²) in [6.07, 6.45) is 0. The zero-order chi connectivity index (χ0) is 87.0. The Morgan fingerprint density at radius 1 is 0.410 bits per heavy atom. The third kappa shape index (κ3) is 21.8. The summed E-state index contributed by atoms with van der Waals surface area (Å²) >= 11 is 54.1. The molecule has 0 amide bonds. The molecule has 8 aromatic heterocycles. The van der Waals surface area contributed by atoms with Gasteiger partial charge in [0.05, 0.1) is 94.4 Å². The number of carboxylic acid groups (broad SMARTS) is 2. The zero-order valence-corrected chi connectivity index (χ0v) is 74.3. The SMILES string of the molecule is CCOC(=O)c1nnn(Cc2ccc(OC)cc2)c1N(C)c1csc(-c2ccc(Cl)c(Cl)c2)n1.CCOC(=O)c1nnn(Cc2ccc(OC)cc2)c1Nc1csc(-c2ccc(Cl)c(Cl)c2)n1.CN(c1csc(-c2ccc(Cl)c(Cl)c2)n1)c1n[nH]nc1C(=O)O.COc1ccc(Cn2nnc(C(=O)O)c2N(C)c2csc(-c3ccc(Cl)c(Cl)c3)n2)cc1. The standard InChI is InChI=1S/C23H21Cl2N5O3S.C22H19Cl2N5O3S.C21H17Cl2N5O3S.C13H9Cl2N5O2S/c1-4-33-23(31)20-22(30(28-27-20)12-14-5-8-16(32-3)9-6-14)29(2)19-13-34-21(26-19)15-7-10-17(24)18(25)11-15;1-3-32-22(30)19-20(29(28-27-19)11-13-4-7-15(31-2)8-5-13)25-18-12-33-21(26-18)14-6-9-16(23)17(24)10-14;1-27(17-11-32-19(24-17)13-5-8-15(22)16(23)9-13)20-18(21(29)30)25-26-28(20)10-12-3-6-14(31-2)7-4-12;1-20(11-10(13(21)22)17-19-18-11)9-5-23-12(16-9)6-2-3-7(14)8(15)4-6/h5-11,13H,4,12H2,1-3H3;4-10,12,25H,3,11H2,1-2H3;3-9,11H,10H2,1-2H3,(H,29,30);2-5H,1H3,(H,21,22)(H,17,18,19). The molecular formula is C79H66Cl8N20O11S4. The van der Waals surface area contributed by atoms with Crippen LogP contribution in [-0.2, 0) is 29.1 Å². The first-order valence-corrected chi connectivity index (χ1v) is 42.3. The molecule has 15 aromatic rings. The van der Waals surface area contributed by atoms with E-state index in [4.69, 9.17) is 127 Å². The summed E-state index contributed by atoms with van der Waals surface area (Å²) in [5, 5.41) is 70.1. The van der Waals surface area contributed by atoms with Crippen LogP contribution in [0.3, 0.4) is 0 Å². The van der Waals surface area contributed by atoms with E-state index in [1.807, 2.05) is 113 Å². The minimum Gasteiger partial charge on any atom is -0.497 e. The smallest absolute Gasteiger partial charge is 0.362 e. The first-order valence-electron chi connectivity index (χ1n) is 35.8. The van der Waals surface area contributed by atoms with E-state index in [0.29, 0.717) is 101 Å². The van der Waals surface area contributed by atoms with Crippen molar-refractivity contribution in [2.75, 3.05) is 75.7 Å². The third-order valence-electron chi connectivity index (χ3n) is 17.4. The molecular weight excluding hydrogens is 1820 g/mol. The lowest BCUT2D eigenvalue weighted by molar-refractivity contribution is 0.0511. The van der Waals surface area contributed by atoms with Gasteiger partial charge >= 0.3 is 23.9 Å². The lowest BCUT2D eigenvalue weighted by Crippen LogP contribution is -2.19. The van der Waals surface area contributed by atoms with Gasteiger partial charge in [0.1, 0.15) is 60.6 Å². The fourth-order valence-electron chi connectivity index (χ4n) is 11.2. The van der Waals surface area contributed by atoms with Crippen molar-refractivity contribution in [3.8, 4) is 59.5 Å². The Balaban J connectivity index is 0.000000150. The Morgan fingerprint density at radius 2 is 0.746 bits per heavy atom. The molecule has 122 heavy (non-hydrogen) atoms. The Labute approximate surface area is 751 Å². The number of thiazole rings is 4. The predicted octanol–water partition coefficient (Wildman–Crippen LogP) is 20.3. The van der Waals surface area contributed by atoms with Crippen LogP contribution in [0.4, 0.5) is 46.5 Å². The van der Waals surface area contributed by atoms with Crippen LogP contribution in [0.15, 0.2) is 167 Å². The number of methoxy groups -OCH3 is 3. The van der Waals surface area contributed by atoms with Gasteiger partial charge in [-0.1, -0.05) is 169 Å². The van der Waals surface area contributed by atoms with Gasteiger partial charge in [0.25, 0.3) is 0 Å². The molecule has 0 aliphatic heterocycles.